The summed E-state index contributed by atoms with van der Waals surface area (Å²) >= 11 is 10.0. The quantitative estimate of drug-likeness (QED) is 0.701. The number of hydrogen-bond donors (Lipinski definition) is 0. The fourth-order valence-electron chi connectivity index (χ4n) is 1.21. The molecule has 9 heteroatoms. The molecule has 0 aliphatic carbocycles. The highest BCUT2D eigenvalue weighted by atomic mass is 79.9. The van der Waals surface area contributed by atoms with Gasteiger partial charge in [0.1, 0.15) is 4.21 Å². The molecule has 0 spiro atoms. The first-order chi connectivity index (χ1) is 8.78. The minimum absolute atomic E-state index is 0.0177. The Bertz CT molecular complexity index is 538. The van der Waals surface area contributed by atoms with Crippen molar-refractivity contribution in [1.29, 1.82) is 0 Å². The minimum atomic E-state index is -3.62. The zero-order chi connectivity index (χ0) is 14.6. The van der Waals surface area contributed by atoms with Crippen LogP contribution in [0.25, 0.3) is 0 Å². The largest absolute Gasteiger partial charge is 0.466 e. The van der Waals surface area contributed by atoms with Gasteiger partial charge in [-0.25, -0.2) is 8.42 Å². The molecule has 0 aliphatic rings. The highest BCUT2D eigenvalue weighted by Crippen LogP contribution is 2.35. The molecule has 19 heavy (non-hydrogen) atoms. The Hall–Kier alpha value is -0.150. The molecule has 108 valence electrons. The number of carbonyl (C=O) groups excluding carboxylic acids is 1. The first-order valence-electron chi connectivity index (χ1n) is 5.35. The molecule has 0 N–H and O–H groups in total. The summed E-state index contributed by atoms with van der Waals surface area (Å²) < 4.78 is 30.9. The minimum Gasteiger partial charge on any atom is -0.466 e. The van der Waals surface area contributed by atoms with Gasteiger partial charge in [-0.15, -0.1) is 11.3 Å². The van der Waals surface area contributed by atoms with Crippen LogP contribution < -0.4 is 0 Å². The number of ether oxygens (including phenoxy) is 1. The van der Waals surface area contributed by atoms with Crippen LogP contribution in [0.15, 0.2) is 14.1 Å². The number of halogens is 2. The summed E-state index contributed by atoms with van der Waals surface area (Å²) in [5.74, 6) is -0.421. The van der Waals surface area contributed by atoms with Crippen LogP contribution in [0.5, 0.6) is 0 Å². The van der Waals surface area contributed by atoms with E-state index in [0.717, 1.165) is 15.6 Å². The molecule has 5 nitrogen and oxygen atoms in total. The second-order valence-electron chi connectivity index (χ2n) is 3.57. The molecule has 0 saturated carbocycles. The van der Waals surface area contributed by atoms with Gasteiger partial charge in [-0.1, -0.05) is 11.6 Å². The monoisotopic (exact) mass is 389 g/mol. The van der Waals surface area contributed by atoms with Crippen LogP contribution in [0.1, 0.15) is 13.3 Å². The van der Waals surface area contributed by atoms with Gasteiger partial charge in [0.15, 0.2) is 0 Å². The maximum Gasteiger partial charge on any atom is 0.307 e. The van der Waals surface area contributed by atoms with Crippen LogP contribution in [-0.4, -0.2) is 38.9 Å². The first-order valence-corrected chi connectivity index (χ1v) is 8.78. The number of hydrogen-bond acceptors (Lipinski definition) is 5. The molecule has 0 aliphatic heterocycles. The molecule has 0 fully saturated rings. The Morgan fingerprint density at radius 1 is 1.58 bits per heavy atom. The predicted molar refractivity (Wildman–Crippen MR) is 78.1 cm³/mol. The van der Waals surface area contributed by atoms with E-state index < -0.39 is 16.0 Å². The van der Waals surface area contributed by atoms with Crippen LogP contribution in [0.3, 0.4) is 0 Å². The van der Waals surface area contributed by atoms with Crippen molar-refractivity contribution >= 4 is 54.9 Å². The van der Waals surface area contributed by atoms with E-state index in [4.69, 9.17) is 16.3 Å². The number of rotatable bonds is 6. The average molecular weight is 391 g/mol. The summed E-state index contributed by atoms with van der Waals surface area (Å²) in [5.41, 5.74) is 0. The third kappa shape index (κ3) is 4.42. The van der Waals surface area contributed by atoms with Crippen molar-refractivity contribution in [2.45, 2.75) is 17.6 Å². The Morgan fingerprint density at radius 2 is 2.21 bits per heavy atom. The molecule has 0 aromatic carbocycles. The molecule has 1 aromatic heterocycles. The van der Waals surface area contributed by atoms with Crippen molar-refractivity contribution in [3.05, 3.63) is 14.9 Å². The highest BCUT2D eigenvalue weighted by molar-refractivity contribution is 9.11. The van der Waals surface area contributed by atoms with Crippen LogP contribution in [0, 0.1) is 0 Å². The molecular weight excluding hydrogens is 378 g/mol. The normalized spacial score (nSPS) is 11.8. The lowest BCUT2D eigenvalue weighted by atomic mass is 10.4. The smallest absolute Gasteiger partial charge is 0.307 e. The second-order valence-corrected chi connectivity index (χ2v) is 8.62. The number of nitrogens with zero attached hydrogens (tertiary/aromatic N) is 1. The lowest BCUT2D eigenvalue weighted by molar-refractivity contribution is -0.143. The van der Waals surface area contributed by atoms with Gasteiger partial charge in [0, 0.05) is 13.6 Å². The number of carbonyl (C=O) groups is 1. The van der Waals surface area contributed by atoms with Crippen molar-refractivity contribution in [3.8, 4) is 0 Å². The van der Waals surface area contributed by atoms with Crippen LogP contribution in [0.4, 0.5) is 0 Å². The van der Waals surface area contributed by atoms with Gasteiger partial charge >= 0.3 is 5.97 Å². The third-order valence-electron chi connectivity index (χ3n) is 2.22. The second kappa shape index (κ2) is 7.03. The van der Waals surface area contributed by atoms with Crippen molar-refractivity contribution in [2.75, 3.05) is 20.2 Å². The van der Waals surface area contributed by atoms with Crippen LogP contribution >= 0.6 is 38.9 Å². The molecule has 0 unspecified atom stereocenters. The number of thiophene rings is 1. The van der Waals surface area contributed by atoms with E-state index in [1.54, 1.807) is 6.92 Å². The lowest BCUT2D eigenvalue weighted by Gasteiger charge is -2.15. The summed E-state index contributed by atoms with van der Waals surface area (Å²) in [6.07, 6.45) is 0.0177. The van der Waals surface area contributed by atoms with Gasteiger partial charge in [0.2, 0.25) is 0 Å². The Morgan fingerprint density at radius 3 is 2.68 bits per heavy atom. The average Bonchev–Trinajstić information content (AvgIpc) is 2.67. The van der Waals surface area contributed by atoms with Gasteiger partial charge in [0.05, 0.1) is 21.8 Å². The summed E-state index contributed by atoms with van der Waals surface area (Å²) in [7, 11) is -2.21. The third-order valence-corrected chi connectivity index (χ3v) is 7.00. The molecule has 1 heterocycles. The highest BCUT2D eigenvalue weighted by Gasteiger charge is 2.24. The van der Waals surface area contributed by atoms with E-state index in [9.17, 15) is 13.2 Å². The standard InChI is InChI=1S/C10H13BrClNO4S2/c1-3-17-8(14)4-5-13(2)19(15,16)9-6-7(12)10(11)18-9/h6H,3-5H2,1-2H3. The van der Waals surface area contributed by atoms with Crippen molar-refractivity contribution in [3.63, 3.8) is 0 Å². The van der Waals surface area contributed by atoms with Gasteiger partial charge in [-0.05, 0) is 28.9 Å². The maximum atomic E-state index is 12.2. The summed E-state index contributed by atoms with van der Waals surface area (Å²) in [5, 5.41) is 0.349. The molecular formula is C10H13BrClNO4S2. The lowest BCUT2D eigenvalue weighted by Crippen LogP contribution is -2.29. The molecule has 0 bridgehead atoms. The van der Waals surface area contributed by atoms with E-state index in [2.05, 4.69) is 15.9 Å². The fraction of sp³-hybridized carbons (Fsp3) is 0.500. The molecule has 0 radical (unpaired) electrons. The van der Waals surface area contributed by atoms with Gasteiger partial charge in [-0.3, -0.25) is 4.79 Å². The fourth-order valence-corrected chi connectivity index (χ4v) is 4.99. The number of esters is 1. The van der Waals surface area contributed by atoms with Crippen LogP contribution in [0.2, 0.25) is 5.02 Å². The maximum absolute atomic E-state index is 12.2. The molecule has 1 rings (SSSR count). The van der Waals surface area contributed by atoms with E-state index in [1.165, 1.54) is 13.1 Å². The Balaban J connectivity index is 2.74. The van der Waals surface area contributed by atoms with Gasteiger partial charge in [-0.2, -0.15) is 4.31 Å². The number of sulfonamides is 1. The SMILES string of the molecule is CCOC(=O)CCN(C)S(=O)(=O)c1cc(Cl)c(Br)s1. The van der Waals surface area contributed by atoms with E-state index >= 15 is 0 Å². The zero-order valence-corrected chi connectivity index (χ0v) is 14.3. The van der Waals surface area contributed by atoms with Crippen molar-refractivity contribution in [1.82, 2.24) is 4.31 Å². The topological polar surface area (TPSA) is 63.7 Å². The van der Waals surface area contributed by atoms with Crippen molar-refractivity contribution in [2.24, 2.45) is 0 Å². The predicted octanol–water partition coefficient (Wildman–Crippen LogP) is 2.74. The molecule has 1 aromatic rings. The van der Waals surface area contributed by atoms with E-state index in [-0.39, 0.29) is 23.8 Å². The van der Waals surface area contributed by atoms with Crippen LogP contribution in [-0.2, 0) is 19.6 Å². The van der Waals surface area contributed by atoms with Crippen molar-refractivity contribution < 1.29 is 17.9 Å². The molecule has 0 atom stereocenters. The van der Waals surface area contributed by atoms with Gasteiger partial charge in [0.25, 0.3) is 10.0 Å². The summed E-state index contributed by atoms with van der Waals surface area (Å²) in [4.78, 5) is 11.2. The Labute approximate surface area is 129 Å². The van der Waals surface area contributed by atoms with E-state index in [0.29, 0.717) is 8.81 Å². The molecule has 0 amide bonds. The Kier molecular flexibility index (Phi) is 6.25. The summed E-state index contributed by atoms with van der Waals surface area (Å²) in [6, 6.07) is 1.38. The molecule has 0 saturated heterocycles. The van der Waals surface area contributed by atoms with E-state index in [1.807, 2.05) is 0 Å². The zero-order valence-electron chi connectivity index (χ0n) is 10.4. The first kappa shape index (κ1) is 16.9. The summed E-state index contributed by atoms with van der Waals surface area (Å²) in [6.45, 7) is 2.04. The van der Waals surface area contributed by atoms with Gasteiger partial charge < -0.3 is 4.74 Å².